The summed E-state index contributed by atoms with van der Waals surface area (Å²) in [6.07, 6.45) is 4.74. The zero-order valence-electron chi connectivity index (χ0n) is 12.1. The predicted molar refractivity (Wildman–Crippen MR) is 89.2 cm³/mol. The molecule has 0 amide bonds. The van der Waals surface area contributed by atoms with Crippen molar-refractivity contribution in [2.24, 2.45) is 0 Å². The van der Waals surface area contributed by atoms with Crippen LogP contribution in [0.5, 0.6) is 0 Å². The van der Waals surface area contributed by atoms with Gasteiger partial charge in [-0.25, -0.2) is 9.67 Å². The molecule has 2 atom stereocenters. The van der Waals surface area contributed by atoms with E-state index in [0.717, 1.165) is 46.7 Å². The van der Waals surface area contributed by atoms with E-state index in [2.05, 4.69) is 36.3 Å². The highest BCUT2D eigenvalue weighted by molar-refractivity contribution is 9.10. The van der Waals surface area contributed by atoms with Crippen molar-refractivity contribution in [2.45, 2.75) is 37.6 Å². The zero-order chi connectivity index (χ0) is 15.5. The number of fused-ring (bicyclic) bond motifs is 2. The first kappa shape index (κ1) is 14.3. The third-order valence-electron chi connectivity index (χ3n) is 4.79. The van der Waals surface area contributed by atoms with Crippen LogP contribution in [-0.2, 0) is 5.41 Å². The summed E-state index contributed by atoms with van der Waals surface area (Å²) in [5.41, 5.74) is 7.11. The summed E-state index contributed by atoms with van der Waals surface area (Å²) in [7, 11) is 0. The van der Waals surface area contributed by atoms with Crippen LogP contribution < -0.4 is 11.1 Å². The number of rotatable bonds is 1. The fraction of sp³-hybridized carbons (Fsp3) is 0.500. The second kappa shape index (κ2) is 4.83. The molecule has 1 aliphatic heterocycles. The van der Waals surface area contributed by atoms with Gasteiger partial charge in [-0.2, -0.15) is 10.1 Å². The summed E-state index contributed by atoms with van der Waals surface area (Å²) >= 11 is 10.0. The number of halogens is 2. The summed E-state index contributed by atoms with van der Waals surface area (Å²) < 4.78 is 2.71. The maximum atomic E-state index is 6.55. The van der Waals surface area contributed by atoms with E-state index >= 15 is 0 Å². The van der Waals surface area contributed by atoms with Crippen molar-refractivity contribution >= 4 is 39.3 Å². The van der Waals surface area contributed by atoms with Crippen LogP contribution in [0.25, 0.3) is 0 Å². The molecule has 3 N–H and O–H groups in total. The number of nitrogens with one attached hydrogen (secondary N) is 1. The monoisotopic (exact) mass is 382 g/mol. The van der Waals surface area contributed by atoms with Gasteiger partial charge in [0.15, 0.2) is 0 Å². The van der Waals surface area contributed by atoms with Crippen molar-refractivity contribution in [3.63, 3.8) is 0 Å². The molecule has 6 nitrogen and oxygen atoms in total. The van der Waals surface area contributed by atoms with E-state index in [4.69, 9.17) is 17.3 Å². The maximum Gasteiger partial charge on any atom is 0.218 e. The highest BCUT2D eigenvalue weighted by atomic mass is 79.9. The number of anilines is 2. The number of aryl methyl sites for hydroxylation is 1. The third-order valence-corrected chi connectivity index (χ3v) is 6.01. The fourth-order valence-corrected chi connectivity index (χ4v) is 4.47. The second-order valence-electron chi connectivity index (χ2n) is 6.14. The van der Waals surface area contributed by atoms with Crippen LogP contribution >= 0.6 is 27.5 Å². The average molecular weight is 384 g/mol. The lowest BCUT2D eigenvalue weighted by Gasteiger charge is -2.24. The highest BCUT2D eigenvalue weighted by Gasteiger charge is 2.48. The zero-order valence-corrected chi connectivity index (χ0v) is 14.4. The Kier molecular flexibility index (Phi) is 3.13. The molecule has 2 aromatic rings. The number of nitrogens with zero attached hydrogens (tertiary/aromatic N) is 4. The van der Waals surface area contributed by atoms with Gasteiger partial charge in [0, 0.05) is 23.7 Å². The van der Waals surface area contributed by atoms with Crippen LogP contribution in [0.4, 0.5) is 11.8 Å². The van der Waals surface area contributed by atoms with Crippen molar-refractivity contribution < 1.29 is 0 Å². The van der Waals surface area contributed by atoms with Crippen molar-refractivity contribution in [1.82, 2.24) is 19.7 Å². The second-order valence-corrected chi connectivity index (χ2v) is 7.37. The Labute approximate surface area is 141 Å². The Morgan fingerprint density at radius 2 is 2.36 bits per heavy atom. The minimum Gasteiger partial charge on any atom is -0.369 e. The van der Waals surface area contributed by atoms with Gasteiger partial charge >= 0.3 is 0 Å². The number of hydrogen-bond donors (Lipinski definition) is 2. The number of aromatic nitrogens is 4. The van der Waals surface area contributed by atoms with Gasteiger partial charge in [-0.05, 0) is 42.1 Å². The normalized spacial score (nSPS) is 26.4. The first-order valence-electron chi connectivity index (χ1n) is 7.27. The molecule has 8 heteroatoms. The summed E-state index contributed by atoms with van der Waals surface area (Å²) in [6, 6.07) is 0.254. The van der Waals surface area contributed by atoms with Crippen LogP contribution in [-0.4, -0.2) is 26.3 Å². The summed E-state index contributed by atoms with van der Waals surface area (Å²) in [6.45, 7) is 2.72. The smallest absolute Gasteiger partial charge is 0.218 e. The topological polar surface area (TPSA) is 81.6 Å². The van der Waals surface area contributed by atoms with Gasteiger partial charge in [0.2, 0.25) is 5.95 Å². The first-order valence-corrected chi connectivity index (χ1v) is 8.44. The van der Waals surface area contributed by atoms with E-state index in [0.29, 0.717) is 11.8 Å². The molecule has 1 fully saturated rings. The van der Waals surface area contributed by atoms with Crippen LogP contribution in [0.15, 0.2) is 10.7 Å². The number of pyridine rings is 1. The molecule has 0 aromatic carbocycles. The maximum absolute atomic E-state index is 6.55. The van der Waals surface area contributed by atoms with E-state index in [1.54, 1.807) is 6.20 Å². The SMILES string of the molecule is Cc1nc(N)n(C2CCC3(CNc4ncc(Br)c(Cl)c43)C2)n1. The number of nitrogen functional groups attached to an aromatic ring is 1. The van der Waals surface area contributed by atoms with Gasteiger partial charge in [0.1, 0.15) is 11.6 Å². The standard InChI is InChI=1S/C14H16BrClN6/c1-7-20-13(17)22(21-7)8-2-3-14(4-8)6-19-12-10(14)11(16)9(15)5-18-12/h5,8H,2-4,6H2,1H3,(H,18,19)(H2,17,20,21). The van der Waals surface area contributed by atoms with Crippen molar-refractivity contribution in [1.29, 1.82) is 0 Å². The molecule has 0 radical (unpaired) electrons. The van der Waals surface area contributed by atoms with Crippen molar-refractivity contribution in [3.05, 3.63) is 27.1 Å². The minimum atomic E-state index is 0.000157. The Morgan fingerprint density at radius 1 is 1.55 bits per heavy atom. The molecule has 2 aliphatic rings. The van der Waals surface area contributed by atoms with E-state index in [1.165, 1.54) is 0 Å². The van der Waals surface area contributed by atoms with Gasteiger partial charge in [-0.15, -0.1) is 0 Å². The Balaban J connectivity index is 1.72. The van der Waals surface area contributed by atoms with Crippen LogP contribution in [0.1, 0.15) is 36.7 Å². The molecule has 1 saturated carbocycles. The van der Waals surface area contributed by atoms with Crippen LogP contribution in [0.2, 0.25) is 5.02 Å². The molecule has 1 aliphatic carbocycles. The minimum absolute atomic E-state index is 0.000157. The van der Waals surface area contributed by atoms with Crippen LogP contribution in [0, 0.1) is 6.92 Å². The Bertz CT molecular complexity index is 760. The van der Waals surface area contributed by atoms with Gasteiger partial charge in [-0.1, -0.05) is 11.6 Å². The molecule has 3 heterocycles. The molecular formula is C14H16BrClN6. The molecule has 2 unspecified atom stereocenters. The molecule has 0 bridgehead atoms. The van der Waals surface area contributed by atoms with E-state index < -0.39 is 0 Å². The van der Waals surface area contributed by atoms with Gasteiger partial charge < -0.3 is 11.1 Å². The Hall–Kier alpha value is -1.34. The van der Waals surface area contributed by atoms with Gasteiger partial charge in [0.05, 0.1) is 15.5 Å². The predicted octanol–water partition coefficient (Wildman–Crippen LogP) is 3.07. The molecule has 2 aromatic heterocycles. The lowest BCUT2D eigenvalue weighted by molar-refractivity contribution is 0.421. The van der Waals surface area contributed by atoms with Gasteiger partial charge in [-0.3, -0.25) is 0 Å². The van der Waals surface area contributed by atoms with Gasteiger partial charge in [0.25, 0.3) is 0 Å². The summed E-state index contributed by atoms with van der Waals surface area (Å²) in [4.78, 5) is 8.67. The molecule has 4 rings (SSSR count). The molecule has 116 valence electrons. The van der Waals surface area contributed by atoms with Crippen molar-refractivity contribution in [2.75, 3.05) is 17.6 Å². The number of hydrogen-bond acceptors (Lipinski definition) is 5. The lowest BCUT2D eigenvalue weighted by atomic mass is 9.81. The summed E-state index contributed by atoms with van der Waals surface area (Å²) in [5, 5.41) is 8.61. The number of nitrogens with two attached hydrogens (primary N) is 1. The highest BCUT2D eigenvalue weighted by Crippen LogP contribution is 2.54. The molecule has 22 heavy (non-hydrogen) atoms. The van der Waals surface area contributed by atoms with Crippen molar-refractivity contribution in [3.8, 4) is 0 Å². The summed E-state index contributed by atoms with van der Waals surface area (Å²) in [5.74, 6) is 2.10. The Morgan fingerprint density at radius 3 is 3.09 bits per heavy atom. The van der Waals surface area contributed by atoms with Crippen LogP contribution in [0.3, 0.4) is 0 Å². The third kappa shape index (κ3) is 1.95. The fourth-order valence-electron chi connectivity index (χ4n) is 3.83. The van der Waals surface area contributed by atoms with E-state index in [-0.39, 0.29) is 11.5 Å². The quantitative estimate of drug-likeness (QED) is 0.791. The largest absolute Gasteiger partial charge is 0.369 e. The lowest BCUT2D eigenvalue weighted by Crippen LogP contribution is -2.26. The molecular weight excluding hydrogens is 368 g/mol. The molecule has 0 saturated heterocycles. The first-order chi connectivity index (χ1) is 10.5. The van der Waals surface area contributed by atoms with E-state index in [9.17, 15) is 0 Å². The average Bonchev–Trinajstić information content (AvgIpc) is 3.14. The van der Waals surface area contributed by atoms with E-state index in [1.807, 2.05) is 11.6 Å². The molecule has 1 spiro atoms.